The van der Waals surface area contributed by atoms with Crippen LogP contribution in [0.2, 0.25) is 0 Å². The van der Waals surface area contributed by atoms with Crippen molar-refractivity contribution < 1.29 is 4.79 Å². The lowest BCUT2D eigenvalue weighted by molar-refractivity contribution is -0.120. The Bertz CT molecular complexity index is 165. The molecule has 16 heavy (non-hydrogen) atoms. The molecule has 0 unspecified atom stereocenters. The van der Waals surface area contributed by atoms with E-state index >= 15 is 0 Å². The van der Waals surface area contributed by atoms with Crippen LogP contribution in [0.5, 0.6) is 0 Å². The van der Waals surface area contributed by atoms with Gasteiger partial charge in [0.25, 0.3) is 0 Å². The molecule has 0 rings (SSSR count). The highest BCUT2D eigenvalue weighted by molar-refractivity contribution is 7.98. The summed E-state index contributed by atoms with van der Waals surface area (Å²) < 4.78 is 0. The second-order valence-electron chi connectivity index (χ2n) is 3.93. The molecule has 1 amide bonds. The van der Waals surface area contributed by atoms with E-state index in [0.717, 1.165) is 19.5 Å². The Labute approximate surface area is 104 Å². The fraction of sp³-hybridized carbons (Fsp3) is 0.917. The highest BCUT2D eigenvalue weighted by Crippen LogP contribution is 2.03. The number of hydrogen-bond acceptors (Lipinski definition) is 3. The van der Waals surface area contributed by atoms with Gasteiger partial charge < -0.3 is 10.6 Å². The maximum atomic E-state index is 11.2. The van der Waals surface area contributed by atoms with Crippen LogP contribution in [0.25, 0.3) is 0 Å². The topological polar surface area (TPSA) is 41.1 Å². The summed E-state index contributed by atoms with van der Waals surface area (Å²) in [6.45, 7) is 4.26. The molecule has 3 nitrogen and oxygen atoms in total. The zero-order valence-electron chi connectivity index (χ0n) is 10.7. The van der Waals surface area contributed by atoms with Gasteiger partial charge in [-0.15, -0.1) is 0 Å². The maximum Gasteiger partial charge on any atom is 0.233 e. The number of carbonyl (C=O) groups excluding carboxylic acids is 1. The van der Waals surface area contributed by atoms with Crippen LogP contribution in [0.15, 0.2) is 0 Å². The van der Waals surface area contributed by atoms with Gasteiger partial charge in [0.1, 0.15) is 0 Å². The number of hydrogen-bond donors (Lipinski definition) is 2. The first-order chi connectivity index (χ1) is 7.81. The average molecular weight is 246 g/mol. The standard InChI is InChI=1S/C12H26N2OS/c1-3-8-14-12(15)11-13-9-6-4-5-7-10-16-2/h13H,3-11H2,1-2H3,(H,14,15). The minimum atomic E-state index is 0.115. The fourth-order valence-electron chi connectivity index (χ4n) is 1.38. The third-order valence-corrected chi connectivity index (χ3v) is 3.01. The predicted octanol–water partition coefficient (Wildman–Crippen LogP) is 2.03. The number of nitrogens with one attached hydrogen (secondary N) is 2. The van der Waals surface area contributed by atoms with Crippen molar-refractivity contribution in [2.75, 3.05) is 31.6 Å². The van der Waals surface area contributed by atoms with E-state index in [1.165, 1.54) is 31.4 Å². The molecule has 0 aliphatic rings. The van der Waals surface area contributed by atoms with Crippen molar-refractivity contribution in [2.24, 2.45) is 0 Å². The molecule has 4 heteroatoms. The molecule has 0 bridgehead atoms. The van der Waals surface area contributed by atoms with Crippen LogP contribution < -0.4 is 10.6 Å². The van der Waals surface area contributed by atoms with Gasteiger partial charge in [0.05, 0.1) is 6.54 Å². The molecule has 96 valence electrons. The molecule has 0 aromatic heterocycles. The first-order valence-corrected chi connectivity index (χ1v) is 7.67. The van der Waals surface area contributed by atoms with Gasteiger partial charge in [-0.2, -0.15) is 11.8 Å². The summed E-state index contributed by atoms with van der Waals surface area (Å²) in [5.41, 5.74) is 0. The van der Waals surface area contributed by atoms with Crippen molar-refractivity contribution in [1.29, 1.82) is 0 Å². The van der Waals surface area contributed by atoms with E-state index in [1.807, 2.05) is 11.8 Å². The smallest absolute Gasteiger partial charge is 0.233 e. The zero-order valence-corrected chi connectivity index (χ0v) is 11.5. The molecular formula is C12H26N2OS. The van der Waals surface area contributed by atoms with Crippen LogP contribution in [-0.4, -0.2) is 37.6 Å². The van der Waals surface area contributed by atoms with Crippen molar-refractivity contribution in [3.63, 3.8) is 0 Å². The highest BCUT2D eigenvalue weighted by atomic mass is 32.2. The molecule has 0 aliphatic heterocycles. The zero-order chi connectivity index (χ0) is 12.1. The lowest BCUT2D eigenvalue weighted by atomic mass is 10.2. The molecule has 0 aliphatic carbocycles. The molecule has 0 spiro atoms. The van der Waals surface area contributed by atoms with Gasteiger partial charge in [-0.05, 0) is 37.8 Å². The second kappa shape index (κ2) is 12.8. The summed E-state index contributed by atoms with van der Waals surface area (Å²) in [6.07, 6.45) is 8.22. The van der Waals surface area contributed by atoms with E-state index in [2.05, 4.69) is 23.8 Å². The Morgan fingerprint density at radius 1 is 1.12 bits per heavy atom. The van der Waals surface area contributed by atoms with E-state index in [4.69, 9.17) is 0 Å². The van der Waals surface area contributed by atoms with Gasteiger partial charge in [0, 0.05) is 6.54 Å². The average Bonchev–Trinajstić information content (AvgIpc) is 2.30. The first-order valence-electron chi connectivity index (χ1n) is 6.27. The largest absolute Gasteiger partial charge is 0.355 e. The highest BCUT2D eigenvalue weighted by Gasteiger charge is 1.97. The van der Waals surface area contributed by atoms with Crippen molar-refractivity contribution in [3.05, 3.63) is 0 Å². The molecule has 0 heterocycles. The number of rotatable bonds is 11. The third kappa shape index (κ3) is 11.9. The lowest BCUT2D eigenvalue weighted by Gasteiger charge is -2.05. The minimum absolute atomic E-state index is 0.115. The quantitative estimate of drug-likeness (QED) is 0.548. The Kier molecular flexibility index (Phi) is 12.7. The number of amides is 1. The Morgan fingerprint density at radius 2 is 1.88 bits per heavy atom. The summed E-state index contributed by atoms with van der Waals surface area (Å²) >= 11 is 1.91. The van der Waals surface area contributed by atoms with Crippen molar-refractivity contribution in [2.45, 2.75) is 39.0 Å². The summed E-state index contributed by atoms with van der Waals surface area (Å²) in [7, 11) is 0. The lowest BCUT2D eigenvalue weighted by Crippen LogP contribution is -2.34. The monoisotopic (exact) mass is 246 g/mol. The molecule has 2 N–H and O–H groups in total. The van der Waals surface area contributed by atoms with Gasteiger partial charge in [-0.3, -0.25) is 4.79 Å². The Morgan fingerprint density at radius 3 is 2.56 bits per heavy atom. The van der Waals surface area contributed by atoms with E-state index in [0.29, 0.717) is 6.54 Å². The minimum Gasteiger partial charge on any atom is -0.355 e. The van der Waals surface area contributed by atoms with Crippen LogP contribution in [0.1, 0.15) is 39.0 Å². The molecule has 0 radical (unpaired) electrons. The molecule has 0 aromatic rings. The van der Waals surface area contributed by atoms with Crippen LogP contribution in [-0.2, 0) is 4.79 Å². The van der Waals surface area contributed by atoms with Gasteiger partial charge in [-0.25, -0.2) is 0 Å². The fourth-order valence-corrected chi connectivity index (χ4v) is 1.87. The van der Waals surface area contributed by atoms with Crippen molar-refractivity contribution in [3.8, 4) is 0 Å². The second-order valence-corrected chi connectivity index (χ2v) is 4.92. The number of unbranched alkanes of at least 4 members (excludes halogenated alkanes) is 3. The summed E-state index contributed by atoms with van der Waals surface area (Å²) in [5.74, 6) is 1.39. The predicted molar refractivity (Wildman–Crippen MR) is 73.0 cm³/mol. The Balaban J connectivity index is 3.05. The molecule has 0 atom stereocenters. The maximum absolute atomic E-state index is 11.2. The summed E-state index contributed by atoms with van der Waals surface area (Å²) in [6, 6.07) is 0. The molecular weight excluding hydrogens is 220 g/mol. The van der Waals surface area contributed by atoms with E-state index in [1.54, 1.807) is 0 Å². The number of thioether (sulfide) groups is 1. The normalized spacial score (nSPS) is 10.4. The third-order valence-electron chi connectivity index (χ3n) is 2.31. The van der Waals surface area contributed by atoms with Gasteiger partial charge in [-0.1, -0.05) is 19.8 Å². The van der Waals surface area contributed by atoms with E-state index in [-0.39, 0.29) is 5.91 Å². The van der Waals surface area contributed by atoms with Gasteiger partial charge >= 0.3 is 0 Å². The van der Waals surface area contributed by atoms with Crippen molar-refractivity contribution in [1.82, 2.24) is 10.6 Å². The SMILES string of the molecule is CCCNC(=O)CNCCCCCCSC. The molecule has 0 saturated carbocycles. The van der Waals surface area contributed by atoms with Crippen LogP contribution in [0.4, 0.5) is 0 Å². The molecule has 0 fully saturated rings. The van der Waals surface area contributed by atoms with Gasteiger partial charge in [0.15, 0.2) is 0 Å². The van der Waals surface area contributed by atoms with Crippen LogP contribution in [0, 0.1) is 0 Å². The molecule has 0 saturated heterocycles. The summed E-state index contributed by atoms with van der Waals surface area (Å²) in [5, 5.41) is 6.01. The number of carbonyl (C=O) groups is 1. The van der Waals surface area contributed by atoms with E-state index in [9.17, 15) is 4.79 Å². The van der Waals surface area contributed by atoms with E-state index < -0.39 is 0 Å². The van der Waals surface area contributed by atoms with Gasteiger partial charge in [0.2, 0.25) is 5.91 Å². The van der Waals surface area contributed by atoms with Crippen LogP contribution in [0.3, 0.4) is 0 Å². The van der Waals surface area contributed by atoms with Crippen LogP contribution >= 0.6 is 11.8 Å². The van der Waals surface area contributed by atoms with Crippen molar-refractivity contribution >= 4 is 17.7 Å². The molecule has 0 aromatic carbocycles. The first kappa shape index (κ1) is 15.8. The Hall–Kier alpha value is -0.220. The summed E-state index contributed by atoms with van der Waals surface area (Å²) in [4.78, 5) is 11.2.